The van der Waals surface area contributed by atoms with Crippen molar-refractivity contribution in [3.8, 4) is 11.6 Å². The third kappa shape index (κ3) is 2.92. The molecule has 1 heterocycles. The van der Waals surface area contributed by atoms with Crippen molar-refractivity contribution in [2.45, 2.75) is 12.6 Å². The third-order valence-electron chi connectivity index (χ3n) is 3.62. The van der Waals surface area contributed by atoms with Gasteiger partial charge < -0.3 is 10.1 Å². The Labute approximate surface area is 134 Å². The number of alkyl halides is 3. The molecule has 0 aliphatic heterocycles. The maximum atomic E-state index is 13.1. The molecule has 2 N–H and O–H groups in total. The second kappa shape index (κ2) is 5.92. The lowest BCUT2D eigenvalue weighted by molar-refractivity contribution is -0.137. The van der Waals surface area contributed by atoms with Gasteiger partial charge in [-0.25, -0.2) is 9.36 Å². The van der Waals surface area contributed by atoms with E-state index in [1.54, 1.807) is 24.3 Å². The molecule has 0 saturated carbocycles. The molecular weight excluding hydrogens is 321 g/mol. The Morgan fingerprint density at radius 2 is 1.62 bits per heavy atom. The Bertz CT molecular complexity index is 912. The number of hydrogen-bond acceptors (Lipinski definition) is 2. The zero-order valence-electron chi connectivity index (χ0n) is 12.3. The summed E-state index contributed by atoms with van der Waals surface area (Å²) in [6.45, 7) is 0. The first-order valence-electron chi connectivity index (χ1n) is 7.11. The highest BCUT2D eigenvalue weighted by atomic mass is 19.4. The Balaban J connectivity index is 2.10. The summed E-state index contributed by atoms with van der Waals surface area (Å²) >= 11 is 0. The van der Waals surface area contributed by atoms with Gasteiger partial charge in [-0.3, -0.25) is 0 Å². The fraction of sp³-hybridized carbons (Fsp3) is 0.118. The van der Waals surface area contributed by atoms with E-state index in [1.807, 2.05) is 6.07 Å². The number of aromatic nitrogens is 2. The number of aromatic amines is 1. The molecular formula is C17H13F3N2O2. The maximum absolute atomic E-state index is 13.1. The number of benzene rings is 2. The number of nitrogens with zero attached hydrogens (tertiary/aromatic N) is 1. The highest BCUT2D eigenvalue weighted by Gasteiger charge is 2.34. The van der Waals surface area contributed by atoms with Crippen molar-refractivity contribution >= 4 is 0 Å². The van der Waals surface area contributed by atoms with Crippen LogP contribution in [0, 0.1) is 0 Å². The van der Waals surface area contributed by atoms with Crippen molar-refractivity contribution in [2.75, 3.05) is 0 Å². The van der Waals surface area contributed by atoms with Crippen LogP contribution in [0.1, 0.15) is 16.8 Å². The number of hydrogen-bond donors (Lipinski definition) is 2. The lowest BCUT2D eigenvalue weighted by Crippen LogP contribution is -2.19. The summed E-state index contributed by atoms with van der Waals surface area (Å²) in [4.78, 5) is 14.5. The van der Waals surface area contributed by atoms with Crippen molar-refractivity contribution in [3.05, 3.63) is 81.9 Å². The normalized spacial score (nSPS) is 11.6. The molecule has 0 unspecified atom stereocenters. The molecule has 0 saturated heterocycles. The first-order chi connectivity index (χ1) is 11.4. The SMILES string of the molecule is O=c1[nH]c(Cc2ccccc2)c(O)n1-c1ccccc1C(F)(F)F. The Hall–Kier alpha value is -2.96. The monoisotopic (exact) mass is 334 g/mol. The fourth-order valence-corrected chi connectivity index (χ4v) is 2.53. The smallest absolute Gasteiger partial charge is 0.418 e. The van der Waals surface area contributed by atoms with E-state index in [0.29, 0.717) is 4.57 Å². The summed E-state index contributed by atoms with van der Waals surface area (Å²) in [7, 11) is 0. The van der Waals surface area contributed by atoms with E-state index < -0.39 is 29.0 Å². The third-order valence-corrected chi connectivity index (χ3v) is 3.62. The quantitative estimate of drug-likeness (QED) is 0.770. The zero-order chi connectivity index (χ0) is 17.3. The maximum Gasteiger partial charge on any atom is 0.418 e. The predicted molar refractivity (Wildman–Crippen MR) is 82.3 cm³/mol. The largest absolute Gasteiger partial charge is 0.493 e. The van der Waals surface area contributed by atoms with E-state index in [9.17, 15) is 23.1 Å². The van der Waals surface area contributed by atoms with Crippen molar-refractivity contribution in [1.29, 1.82) is 0 Å². The van der Waals surface area contributed by atoms with Crippen LogP contribution in [0.5, 0.6) is 5.88 Å². The van der Waals surface area contributed by atoms with Gasteiger partial charge in [-0.15, -0.1) is 0 Å². The summed E-state index contributed by atoms with van der Waals surface area (Å²) in [5, 5.41) is 10.3. The van der Waals surface area contributed by atoms with Gasteiger partial charge in [0.25, 0.3) is 0 Å². The van der Waals surface area contributed by atoms with Gasteiger partial charge in [0, 0.05) is 6.42 Å². The highest BCUT2D eigenvalue weighted by Crippen LogP contribution is 2.34. The standard InChI is InChI=1S/C17H13F3N2O2/c18-17(19,20)12-8-4-5-9-14(12)22-15(23)13(21-16(22)24)10-11-6-2-1-3-7-11/h1-9,23H,10H2,(H,21,24). The molecule has 4 nitrogen and oxygen atoms in total. The van der Waals surface area contributed by atoms with Gasteiger partial charge in [0.1, 0.15) is 0 Å². The van der Waals surface area contributed by atoms with E-state index >= 15 is 0 Å². The molecule has 7 heteroatoms. The van der Waals surface area contributed by atoms with Gasteiger partial charge in [-0.1, -0.05) is 42.5 Å². The van der Waals surface area contributed by atoms with Gasteiger partial charge in [-0.2, -0.15) is 13.2 Å². The lowest BCUT2D eigenvalue weighted by Gasteiger charge is -2.13. The lowest BCUT2D eigenvalue weighted by atomic mass is 10.1. The molecule has 1 aromatic heterocycles. The topological polar surface area (TPSA) is 58.0 Å². The number of imidazole rings is 1. The minimum absolute atomic E-state index is 0.156. The van der Waals surface area contributed by atoms with Crippen molar-refractivity contribution in [1.82, 2.24) is 9.55 Å². The first kappa shape index (κ1) is 15.9. The second-order valence-electron chi connectivity index (χ2n) is 5.25. The molecule has 0 bridgehead atoms. The first-order valence-corrected chi connectivity index (χ1v) is 7.11. The number of rotatable bonds is 3. The molecule has 0 fully saturated rings. The van der Waals surface area contributed by atoms with Gasteiger partial charge in [0.15, 0.2) is 0 Å². The molecule has 24 heavy (non-hydrogen) atoms. The summed E-state index contributed by atoms with van der Waals surface area (Å²) in [5.41, 5.74) is -1.26. The Kier molecular flexibility index (Phi) is 3.92. The van der Waals surface area contributed by atoms with Crippen LogP contribution in [0.25, 0.3) is 5.69 Å². The zero-order valence-corrected chi connectivity index (χ0v) is 12.3. The van der Waals surface area contributed by atoms with Gasteiger partial charge in [0.2, 0.25) is 5.88 Å². The molecule has 0 amide bonds. The summed E-state index contributed by atoms with van der Waals surface area (Å²) in [6.07, 6.45) is -4.44. The number of nitrogens with one attached hydrogen (secondary N) is 1. The van der Waals surface area contributed by atoms with E-state index in [0.717, 1.165) is 17.7 Å². The van der Waals surface area contributed by atoms with Crippen molar-refractivity contribution in [2.24, 2.45) is 0 Å². The van der Waals surface area contributed by atoms with Crippen LogP contribution in [-0.4, -0.2) is 14.7 Å². The molecule has 3 rings (SSSR count). The predicted octanol–water partition coefficient (Wildman–Crippen LogP) is 3.48. The minimum Gasteiger partial charge on any atom is -0.493 e. The van der Waals surface area contributed by atoms with E-state index in [-0.39, 0.29) is 12.1 Å². The molecule has 0 aliphatic rings. The molecule has 0 radical (unpaired) electrons. The van der Waals surface area contributed by atoms with Crippen molar-refractivity contribution in [3.63, 3.8) is 0 Å². The summed E-state index contributed by atoms with van der Waals surface area (Å²) < 4.78 is 40.1. The highest BCUT2D eigenvalue weighted by molar-refractivity contribution is 5.46. The van der Waals surface area contributed by atoms with Gasteiger partial charge in [-0.05, 0) is 17.7 Å². The van der Waals surface area contributed by atoms with Gasteiger partial charge >= 0.3 is 11.9 Å². The van der Waals surface area contributed by atoms with Crippen LogP contribution < -0.4 is 5.69 Å². The molecule has 0 spiro atoms. The van der Waals surface area contributed by atoms with E-state index in [1.165, 1.54) is 12.1 Å². The van der Waals surface area contributed by atoms with Gasteiger partial charge in [0.05, 0.1) is 16.9 Å². The molecule has 0 aliphatic carbocycles. The number of H-pyrrole nitrogens is 1. The second-order valence-corrected chi connectivity index (χ2v) is 5.25. The van der Waals surface area contributed by atoms with Crippen LogP contribution in [0.2, 0.25) is 0 Å². The number of para-hydroxylation sites is 1. The number of halogens is 3. The molecule has 3 aromatic rings. The summed E-state index contributed by atoms with van der Waals surface area (Å²) in [5.74, 6) is -0.527. The van der Waals surface area contributed by atoms with Crippen LogP contribution >= 0.6 is 0 Å². The Morgan fingerprint density at radius 1 is 1.00 bits per heavy atom. The van der Waals surface area contributed by atoms with Crippen LogP contribution in [-0.2, 0) is 12.6 Å². The van der Waals surface area contributed by atoms with Crippen LogP contribution in [0.4, 0.5) is 13.2 Å². The Morgan fingerprint density at radius 3 is 2.29 bits per heavy atom. The average molecular weight is 334 g/mol. The molecule has 124 valence electrons. The fourth-order valence-electron chi connectivity index (χ4n) is 2.53. The van der Waals surface area contributed by atoms with E-state index in [4.69, 9.17) is 0 Å². The molecule has 2 aromatic carbocycles. The van der Waals surface area contributed by atoms with E-state index in [2.05, 4.69) is 4.98 Å². The molecule has 0 atom stereocenters. The minimum atomic E-state index is -4.64. The average Bonchev–Trinajstić information content (AvgIpc) is 2.81. The van der Waals surface area contributed by atoms with Crippen molar-refractivity contribution < 1.29 is 18.3 Å². The van der Waals surface area contributed by atoms with Crippen LogP contribution in [0.3, 0.4) is 0 Å². The summed E-state index contributed by atoms with van der Waals surface area (Å²) in [6, 6.07) is 13.6. The van der Waals surface area contributed by atoms with Crippen LogP contribution in [0.15, 0.2) is 59.4 Å². The number of aromatic hydroxyl groups is 1.